The molecule has 3 aliphatic rings. The standard InChI is InChI=1S/C20H22N2O3/c1-25-19(24)20-9-4-10-21-17(23)8-7-14(18(20)21)12-22-15-6-3-2-5-13(15)11-16(20)22/h2-3,5-6,11,14,18H,4,7-10,12H2,1H3/t14-,18-,20+/m1/s1. The van der Waals surface area contributed by atoms with Crippen LogP contribution < -0.4 is 0 Å². The number of benzene rings is 1. The number of carbonyl (C=O) groups excluding carboxylic acids is 2. The zero-order valence-corrected chi connectivity index (χ0v) is 14.4. The number of fused-ring (bicyclic) bond motifs is 4. The summed E-state index contributed by atoms with van der Waals surface area (Å²) in [5.74, 6) is 0.310. The molecule has 1 amide bonds. The number of hydrogen-bond donors (Lipinski definition) is 0. The fraction of sp³-hybridized carbons (Fsp3) is 0.500. The largest absolute Gasteiger partial charge is 0.468 e. The van der Waals surface area contributed by atoms with E-state index in [2.05, 4.69) is 22.8 Å². The Morgan fingerprint density at radius 2 is 2.16 bits per heavy atom. The molecule has 25 heavy (non-hydrogen) atoms. The molecule has 4 heterocycles. The van der Waals surface area contributed by atoms with Crippen molar-refractivity contribution in [1.82, 2.24) is 9.47 Å². The van der Waals surface area contributed by atoms with Crippen molar-refractivity contribution in [2.45, 2.75) is 43.7 Å². The Kier molecular flexibility index (Phi) is 3.06. The number of hydrogen-bond acceptors (Lipinski definition) is 3. The lowest BCUT2D eigenvalue weighted by atomic mass is 9.62. The average Bonchev–Trinajstić information content (AvgIpc) is 3.03. The van der Waals surface area contributed by atoms with Crippen molar-refractivity contribution in [2.24, 2.45) is 5.92 Å². The first-order valence-electron chi connectivity index (χ1n) is 9.13. The Bertz CT molecular complexity index is 886. The van der Waals surface area contributed by atoms with E-state index >= 15 is 0 Å². The van der Waals surface area contributed by atoms with Gasteiger partial charge in [0.25, 0.3) is 0 Å². The summed E-state index contributed by atoms with van der Waals surface area (Å²) in [6.45, 7) is 1.63. The van der Waals surface area contributed by atoms with Crippen molar-refractivity contribution in [3.63, 3.8) is 0 Å². The van der Waals surface area contributed by atoms with Crippen LogP contribution in [0.25, 0.3) is 10.9 Å². The number of methoxy groups -OCH3 is 1. The molecule has 2 aromatic rings. The lowest BCUT2D eigenvalue weighted by molar-refractivity contribution is -0.164. The summed E-state index contributed by atoms with van der Waals surface area (Å²) in [6, 6.07) is 10.4. The summed E-state index contributed by atoms with van der Waals surface area (Å²) in [6.07, 6.45) is 3.03. The third-order valence-corrected chi connectivity index (χ3v) is 6.54. The van der Waals surface area contributed by atoms with E-state index in [1.807, 2.05) is 17.0 Å². The zero-order valence-electron chi connectivity index (χ0n) is 14.4. The Balaban J connectivity index is 1.81. The van der Waals surface area contributed by atoms with Gasteiger partial charge in [-0.3, -0.25) is 9.59 Å². The molecule has 3 aliphatic heterocycles. The van der Waals surface area contributed by atoms with Crippen LogP contribution in [-0.2, 0) is 26.3 Å². The zero-order chi connectivity index (χ0) is 17.2. The summed E-state index contributed by atoms with van der Waals surface area (Å²) in [7, 11) is 1.47. The lowest BCUT2D eigenvalue weighted by Gasteiger charge is -2.56. The molecule has 1 aromatic heterocycles. The molecule has 5 heteroatoms. The van der Waals surface area contributed by atoms with Crippen molar-refractivity contribution in [3.8, 4) is 0 Å². The maximum atomic E-state index is 13.1. The van der Waals surface area contributed by atoms with Gasteiger partial charge in [0.05, 0.1) is 13.2 Å². The molecule has 0 bridgehead atoms. The van der Waals surface area contributed by atoms with Crippen LogP contribution in [0, 0.1) is 5.92 Å². The Morgan fingerprint density at radius 3 is 3.00 bits per heavy atom. The van der Waals surface area contributed by atoms with E-state index in [1.54, 1.807) is 0 Å². The molecule has 0 radical (unpaired) electrons. The molecule has 3 atom stereocenters. The van der Waals surface area contributed by atoms with Gasteiger partial charge in [0.1, 0.15) is 5.41 Å². The number of piperidine rings is 2. The van der Waals surface area contributed by atoms with Gasteiger partial charge in [-0.2, -0.15) is 0 Å². The van der Waals surface area contributed by atoms with Gasteiger partial charge in [-0.25, -0.2) is 0 Å². The van der Waals surface area contributed by atoms with Gasteiger partial charge >= 0.3 is 5.97 Å². The highest BCUT2D eigenvalue weighted by Crippen LogP contribution is 2.51. The van der Waals surface area contributed by atoms with E-state index in [-0.39, 0.29) is 17.9 Å². The first-order chi connectivity index (χ1) is 12.2. The molecular formula is C20H22N2O3. The van der Waals surface area contributed by atoms with Crippen molar-refractivity contribution in [3.05, 3.63) is 36.0 Å². The number of rotatable bonds is 1. The molecule has 2 saturated heterocycles. The van der Waals surface area contributed by atoms with Crippen LogP contribution in [0.15, 0.2) is 30.3 Å². The number of para-hydroxylation sites is 1. The number of esters is 1. The van der Waals surface area contributed by atoms with Crippen LogP contribution in [0.2, 0.25) is 0 Å². The number of ether oxygens (including phenoxy) is 1. The fourth-order valence-corrected chi connectivity index (χ4v) is 5.62. The molecule has 1 aromatic carbocycles. The maximum absolute atomic E-state index is 13.1. The molecule has 0 spiro atoms. The van der Waals surface area contributed by atoms with Gasteiger partial charge in [0.2, 0.25) is 5.91 Å². The van der Waals surface area contributed by atoms with E-state index in [0.717, 1.165) is 43.4 Å². The molecule has 0 aliphatic carbocycles. The quantitative estimate of drug-likeness (QED) is 0.751. The van der Waals surface area contributed by atoms with Crippen molar-refractivity contribution in [1.29, 1.82) is 0 Å². The van der Waals surface area contributed by atoms with E-state index in [4.69, 9.17) is 4.74 Å². The summed E-state index contributed by atoms with van der Waals surface area (Å²) >= 11 is 0. The summed E-state index contributed by atoms with van der Waals surface area (Å²) < 4.78 is 7.63. The number of aromatic nitrogens is 1. The molecule has 130 valence electrons. The van der Waals surface area contributed by atoms with E-state index < -0.39 is 5.41 Å². The number of carbonyl (C=O) groups is 2. The summed E-state index contributed by atoms with van der Waals surface area (Å²) in [5, 5.41) is 1.16. The third kappa shape index (κ3) is 1.78. The molecule has 2 fully saturated rings. The minimum Gasteiger partial charge on any atom is -0.468 e. The van der Waals surface area contributed by atoms with Crippen LogP contribution >= 0.6 is 0 Å². The second-order valence-electron chi connectivity index (χ2n) is 7.60. The van der Waals surface area contributed by atoms with E-state index in [0.29, 0.717) is 12.3 Å². The van der Waals surface area contributed by atoms with Gasteiger partial charge in [0, 0.05) is 30.7 Å². The molecule has 0 unspecified atom stereocenters. The van der Waals surface area contributed by atoms with Crippen LogP contribution in [-0.4, -0.2) is 41.0 Å². The van der Waals surface area contributed by atoms with E-state index in [9.17, 15) is 9.59 Å². The van der Waals surface area contributed by atoms with E-state index in [1.165, 1.54) is 12.6 Å². The van der Waals surface area contributed by atoms with Gasteiger partial charge in [-0.05, 0) is 42.7 Å². The van der Waals surface area contributed by atoms with Gasteiger partial charge in [-0.1, -0.05) is 18.2 Å². The molecule has 0 saturated carbocycles. The Morgan fingerprint density at radius 1 is 1.32 bits per heavy atom. The first-order valence-corrected chi connectivity index (χ1v) is 9.13. The van der Waals surface area contributed by atoms with Crippen LogP contribution in [0.4, 0.5) is 0 Å². The smallest absolute Gasteiger partial charge is 0.319 e. The average molecular weight is 338 g/mol. The SMILES string of the molecule is COC(=O)[C@@]12CCCN3C(=O)CC[C@H](Cn4c1cc1ccccc14)[C@@H]32. The topological polar surface area (TPSA) is 51.5 Å². The van der Waals surface area contributed by atoms with Gasteiger partial charge < -0.3 is 14.2 Å². The normalized spacial score (nSPS) is 30.8. The fourth-order valence-electron chi connectivity index (χ4n) is 5.62. The Labute approximate surface area is 146 Å². The second-order valence-corrected chi connectivity index (χ2v) is 7.60. The van der Waals surface area contributed by atoms with Crippen LogP contribution in [0.1, 0.15) is 31.4 Å². The maximum Gasteiger partial charge on any atom is 0.319 e. The summed E-state index contributed by atoms with van der Waals surface area (Å²) in [4.78, 5) is 27.7. The van der Waals surface area contributed by atoms with Crippen LogP contribution in [0.3, 0.4) is 0 Å². The van der Waals surface area contributed by atoms with Gasteiger partial charge in [-0.15, -0.1) is 0 Å². The minimum absolute atomic E-state index is 0.0632. The Hall–Kier alpha value is -2.30. The van der Waals surface area contributed by atoms with Crippen molar-refractivity contribution in [2.75, 3.05) is 13.7 Å². The minimum atomic E-state index is -0.731. The van der Waals surface area contributed by atoms with Crippen molar-refractivity contribution >= 4 is 22.8 Å². The molecule has 5 nitrogen and oxygen atoms in total. The monoisotopic (exact) mass is 338 g/mol. The molecular weight excluding hydrogens is 316 g/mol. The molecule has 5 rings (SSSR count). The highest BCUT2D eigenvalue weighted by molar-refractivity contribution is 5.91. The third-order valence-electron chi connectivity index (χ3n) is 6.54. The molecule has 0 N–H and O–H groups in total. The first kappa shape index (κ1) is 15.0. The van der Waals surface area contributed by atoms with Gasteiger partial charge in [0.15, 0.2) is 0 Å². The summed E-state index contributed by atoms with van der Waals surface area (Å²) in [5.41, 5.74) is 1.47. The highest BCUT2D eigenvalue weighted by atomic mass is 16.5. The lowest BCUT2D eigenvalue weighted by Crippen LogP contribution is -2.68. The second kappa shape index (κ2) is 5.10. The number of nitrogens with zero attached hydrogens (tertiary/aromatic N) is 2. The predicted octanol–water partition coefficient (Wildman–Crippen LogP) is 2.47. The highest BCUT2D eigenvalue weighted by Gasteiger charge is 2.61. The number of amides is 1. The van der Waals surface area contributed by atoms with Crippen LogP contribution in [0.5, 0.6) is 0 Å². The predicted molar refractivity (Wildman–Crippen MR) is 93.1 cm³/mol. The van der Waals surface area contributed by atoms with Crippen molar-refractivity contribution < 1.29 is 14.3 Å².